The molecule has 192 valence electrons. The quantitative estimate of drug-likeness (QED) is 0.455. The number of aliphatic carboxylic acids is 1. The van der Waals surface area contributed by atoms with Crippen molar-refractivity contribution in [2.24, 2.45) is 0 Å². The van der Waals surface area contributed by atoms with Gasteiger partial charge in [0.15, 0.2) is 6.10 Å². The molecule has 2 amide bonds. The van der Waals surface area contributed by atoms with Crippen LogP contribution in [0.3, 0.4) is 0 Å². The highest BCUT2D eigenvalue weighted by atomic mass is 35.5. The molecule has 4 rings (SSSR count). The van der Waals surface area contributed by atoms with Crippen LogP contribution >= 0.6 is 11.6 Å². The van der Waals surface area contributed by atoms with Crippen molar-refractivity contribution in [2.45, 2.75) is 25.1 Å². The summed E-state index contributed by atoms with van der Waals surface area (Å²) in [5.41, 5.74) is 2.09. The smallest absolute Gasteiger partial charge is 0.323 e. The molecule has 3 aromatic rings. The van der Waals surface area contributed by atoms with Crippen LogP contribution in [-0.2, 0) is 32.1 Å². The predicted octanol–water partition coefficient (Wildman–Crippen LogP) is 4.10. The Balaban J connectivity index is 1.64. The van der Waals surface area contributed by atoms with Crippen LogP contribution in [0.5, 0.6) is 0 Å². The Morgan fingerprint density at radius 2 is 1.76 bits per heavy atom. The van der Waals surface area contributed by atoms with Crippen molar-refractivity contribution in [3.8, 4) is 0 Å². The zero-order valence-electron chi connectivity index (χ0n) is 19.9. The molecule has 1 N–H and O–H groups in total. The molecule has 1 saturated heterocycles. The summed E-state index contributed by atoms with van der Waals surface area (Å²) in [5, 5.41) is 10.0. The van der Waals surface area contributed by atoms with Gasteiger partial charge in [-0.25, -0.2) is 4.39 Å². The lowest BCUT2D eigenvalue weighted by Gasteiger charge is -2.42. The Hall–Kier alpha value is -3.75. The Morgan fingerprint density at radius 3 is 2.46 bits per heavy atom. The van der Waals surface area contributed by atoms with Gasteiger partial charge in [-0.1, -0.05) is 66.2 Å². The van der Waals surface area contributed by atoms with Crippen LogP contribution in [0.4, 0.5) is 4.39 Å². The highest BCUT2D eigenvalue weighted by Crippen LogP contribution is 2.33. The summed E-state index contributed by atoms with van der Waals surface area (Å²) in [5.74, 6) is -2.46. The molecule has 0 radical (unpaired) electrons. The number of amides is 2. The number of carbonyl (C=O) groups is 3. The molecular weight excluding hydrogens is 499 g/mol. The van der Waals surface area contributed by atoms with Gasteiger partial charge < -0.3 is 19.6 Å². The van der Waals surface area contributed by atoms with Crippen molar-refractivity contribution in [1.29, 1.82) is 0 Å². The van der Waals surface area contributed by atoms with E-state index in [1.54, 1.807) is 59.5 Å². The van der Waals surface area contributed by atoms with Crippen LogP contribution in [-0.4, -0.2) is 58.5 Å². The molecule has 1 fully saturated rings. The molecule has 0 unspecified atom stereocenters. The molecule has 1 heterocycles. The molecule has 0 saturated carbocycles. The first-order valence-electron chi connectivity index (χ1n) is 11.8. The molecule has 2 atom stereocenters. The van der Waals surface area contributed by atoms with E-state index in [0.29, 0.717) is 16.1 Å². The number of benzene rings is 3. The number of rotatable bonds is 9. The lowest BCUT2D eigenvalue weighted by molar-refractivity contribution is -0.171. The molecule has 37 heavy (non-hydrogen) atoms. The first-order valence-corrected chi connectivity index (χ1v) is 12.1. The third-order valence-corrected chi connectivity index (χ3v) is 6.39. The van der Waals surface area contributed by atoms with Gasteiger partial charge in [0.1, 0.15) is 19.0 Å². The van der Waals surface area contributed by atoms with E-state index in [9.17, 15) is 23.9 Å². The van der Waals surface area contributed by atoms with Gasteiger partial charge in [-0.05, 0) is 47.4 Å². The Morgan fingerprint density at radius 1 is 1.03 bits per heavy atom. The van der Waals surface area contributed by atoms with Crippen molar-refractivity contribution in [3.63, 3.8) is 0 Å². The molecule has 3 aromatic carbocycles. The maximum absolute atomic E-state index is 13.8. The maximum atomic E-state index is 13.8. The minimum Gasteiger partial charge on any atom is -0.480 e. The monoisotopic (exact) mass is 524 g/mol. The molecule has 0 spiro atoms. The number of carboxylic acid groups (broad SMARTS) is 1. The van der Waals surface area contributed by atoms with Crippen LogP contribution in [0, 0.1) is 5.82 Å². The molecule has 9 heteroatoms. The van der Waals surface area contributed by atoms with Crippen LogP contribution in [0.25, 0.3) is 0 Å². The van der Waals surface area contributed by atoms with Crippen molar-refractivity contribution < 1.29 is 28.6 Å². The van der Waals surface area contributed by atoms with E-state index in [2.05, 4.69) is 0 Å². The molecule has 1 aliphatic rings. The first kappa shape index (κ1) is 26.3. The highest BCUT2D eigenvalue weighted by Gasteiger charge is 2.43. The van der Waals surface area contributed by atoms with Crippen molar-refractivity contribution in [3.05, 3.63) is 106 Å². The molecule has 0 bridgehead atoms. The number of halogens is 2. The minimum atomic E-state index is -1.19. The average Bonchev–Trinajstić information content (AvgIpc) is 2.87. The third kappa shape index (κ3) is 6.72. The molecular formula is C28H26ClFN2O5. The largest absolute Gasteiger partial charge is 0.480 e. The van der Waals surface area contributed by atoms with E-state index in [0.717, 1.165) is 5.56 Å². The van der Waals surface area contributed by atoms with Crippen molar-refractivity contribution in [2.75, 3.05) is 19.7 Å². The van der Waals surface area contributed by atoms with E-state index < -0.39 is 36.4 Å². The van der Waals surface area contributed by atoms with E-state index in [1.807, 2.05) is 12.1 Å². The fraction of sp³-hybridized carbons (Fsp3) is 0.250. The molecule has 1 aliphatic heterocycles. The molecule has 0 aromatic heterocycles. The normalized spacial score (nSPS) is 17.5. The fourth-order valence-corrected chi connectivity index (χ4v) is 4.66. The Kier molecular flexibility index (Phi) is 8.53. The van der Waals surface area contributed by atoms with Gasteiger partial charge in [0.25, 0.3) is 5.91 Å². The Labute approximate surface area is 219 Å². The lowest BCUT2D eigenvalue weighted by Crippen LogP contribution is -2.55. The second-order valence-corrected chi connectivity index (χ2v) is 9.21. The summed E-state index contributed by atoms with van der Waals surface area (Å²) in [6, 6.07) is 21.3. The van der Waals surface area contributed by atoms with Crippen LogP contribution < -0.4 is 0 Å². The van der Waals surface area contributed by atoms with Gasteiger partial charge in [0, 0.05) is 18.1 Å². The van der Waals surface area contributed by atoms with Gasteiger partial charge in [-0.2, -0.15) is 0 Å². The number of carboxylic acids is 1. The number of morpholine rings is 1. The van der Waals surface area contributed by atoms with Crippen LogP contribution in [0.15, 0.2) is 78.9 Å². The molecule has 7 nitrogen and oxygen atoms in total. The SMILES string of the molecule is O=C(O)CN(CCc1cccc(F)c1)C(=O)[C@@H]1OCC(=O)N(Cc2cccc(Cl)c2)[C@@H]1c1ccccc1. The summed E-state index contributed by atoms with van der Waals surface area (Å²) in [6.45, 7) is -0.657. The van der Waals surface area contributed by atoms with Gasteiger partial charge in [-0.3, -0.25) is 14.4 Å². The summed E-state index contributed by atoms with van der Waals surface area (Å²) in [7, 11) is 0. The van der Waals surface area contributed by atoms with Gasteiger partial charge in [0.2, 0.25) is 5.91 Å². The van der Waals surface area contributed by atoms with Gasteiger partial charge >= 0.3 is 5.97 Å². The number of nitrogens with zero attached hydrogens (tertiary/aromatic N) is 2. The van der Waals surface area contributed by atoms with Crippen molar-refractivity contribution >= 4 is 29.4 Å². The lowest BCUT2D eigenvalue weighted by atomic mass is 9.95. The average molecular weight is 525 g/mol. The standard InChI is InChI=1S/C28H26ClFN2O5/c29-22-10-4-7-20(14-22)16-32-24(33)18-37-27(26(32)21-8-2-1-3-9-21)28(36)31(17-25(34)35)13-12-19-6-5-11-23(30)15-19/h1-11,14-15,26-27H,12-13,16-18H2,(H,34,35)/t26-,27-/m1/s1. The van der Waals surface area contributed by atoms with E-state index in [-0.39, 0.29) is 32.0 Å². The second-order valence-electron chi connectivity index (χ2n) is 8.77. The van der Waals surface area contributed by atoms with E-state index in [1.165, 1.54) is 17.0 Å². The number of hydrogen-bond donors (Lipinski definition) is 1. The third-order valence-electron chi connectivity index (χ3n) is 6.15. The zero-order chi connectivity index (χ0) is 26.4. The first-order chi connectivity index (χ1) is 17.8. The number of ether oxygens (including phenoxy) is 1. The summed E-state index contributed by atoms with van der Waals surface area (Å²) >= 11 is 6.15. The Bertz CT molecular complexity index is 1270. The predicted molar refractivity (Wildman–Crippen MR) is 135 cm³/mol. The molecule has 0 aliphatic carbocycles. The summed E-state index contributed by atoms with van der Waals surface area (Å²) in [6.07, 6.45) is -0.879. The summed E-state index contributed by atoms with van der Waals surface area (Å²) in [4.78, 5) is 41.2. The van der Waals surface area contributed by atoms with E-state index >= 15 is 0 Å². The minimum absolute atomic E-state index is 0.0399. The van der Waals surface area contributed by atoms with Gasteiger partial charge in [0.05, 0.1) is 6.04 Å². The highest BCUT2D eigenvalue weighted by molar-refractivity contribution is 6.30. The van der Waals surface area contributed by atoms with Crippen molar-refractivity contribution in [1.82, 2.24) is 9.80 Å². The van der Waals surface area contributed by atoms with Gasteiger partial charge in [-0.15, -0.1) is 0 Å². The fourth-order valence-electron chi connectivity index (χ4n) is 4.45. The summed E-state index contributed by atoms with van der Waals surface area (Å²) < 4.78 is 19.4. The van der Waals surface area contributed by atoms with Crippen LogP contribution in [0.2, 0.25) is 5.02 Å². The zero-order valence-corrected chi connectivity index (χ0v) is 20.7. The number of carbonyl (C=O) groups excluding carboxylic acids is 2. The number of hydrogen-bond acceptors (Lipinski definition) is 4. The van der Waals surface area contributed by atoms with Crippen LogP contribution in [0.1, 0.15) is 22.7 Å². The second kappa shape index (κ2) is 12.0. The topological polar surface area (TPSA) is 87.1 Å². The maximum Gasteiger partial charge on any atom is 0.323 e. The van der Waals surface area contributed by atoms with E-state index in [4.69, 9.17) is 16.3 Å².